The van der Waals surface area contributed by atoms with E-state index in [0.717, 1.165) is 18.9 Å². The SMILES string of the molecule is CC1(C)C(=O)NCC(=O)N1CCC1CCCCC1. The molecule has 1 saturated carbocycles. The van der Waals surface area contributed by atoms with Crippen molar-refractivity contribution in [2.45, 2.75) is 57.9 Å². The van der Waals surface area contributed by atoms with E-state index in [2.05, 4.69) is 5.32 Å². The van der Waals surface area contributed by atoms with Crippen LogP contribution in [0.15, 0.2) is 0 Å². The lowest BCUT2D eigenvalue weighted by atomic mass is 9.86. The molecule has 0 unspecified atom stereocenters. The van der Waals surface area contributed by atoms with E-state index in [1.165, 1.54) is 32.1 Å². The lowest BCUT2D eigenvalue weighted by Crippen LogP contribution is -2.64. The Balaban J connectivity index is 1.93. The second-order valence-electron chi connectivity index (χ2n) is 6.08. The predicted molar refractivity (Wildman–Crippen MR) is 70.0 cm³/mol. The van der Waals surface area contributed by atoms with Gasteiger partial charge in [-0.05, 0) is 26.2 Å². The molecule has 0 radical (unpaired) electrons. The van der Waals surface area contributed by atoms with Crippen LogP contribution >= 0.6 is 0 Å². The van der Waals surface area contributed by atoms with E-state index < -0.39 is 5.54 Å². The first-order chi connectivity index (χ1) is 8.51. The monoisotopic (exact) mass is 252 g/mol. The van der Waals surface area contributed by atoms with Gasteiger partial charge in [0.25, 0.3) is 0 Å². The molecule has 1 N–H and O–H groups in total. The van der Waals surface area contributed by atoms with Crippen LogP contribution in [0.3, 0.4) is 0 Å². The maximum absolute atomic E-state index is 11.9. The summed E-state index contributed by atoms with van der Waals surface area (Å²) in [7, 11) is 0. The zero-order valence-corrected chi connectivity index (χ0v) is 11.5. The Bertz CT molecular complexity index is 333. The Morgan fingerprint density at radius 2 is 1.89 bits per heavy atom. The van der Waals surface area contributed by atoms with Gasteiger partial charge in [-0.3, -0.25) is 9.59 Å². The minimum Gasteiger partial charge on any atom is -0.345 e. The molecule has 1 aliphatic heterocycles. The van der Waals surface area contributed by atoms with Gasteiger partial charge in [0.15, 0.2) is 0 Å². The summed E-state index contributed by atoms with van der Waals surface area (Å²) in [5.74, 6) is 0.758. The quantitative estimate of drug-likeness (QED) is 0.831. The van der Waals surface area contributed by atoms with Gasteiger partial charge in [0, 0.05) is 6.54 Å². The summed E-state index contributed by atoms with van der Waals surface area (Å²) in [4.78, 5) is 25.5. The third kappa shape index (κ3) is 2.68. The molecule has 2 aliphatic rings. The number of nitrogens with zero attached hydrogens (tertiary/aromatic N) is 1. The van der Waals surface area contributed by atoms with Crippen molar-refractivity contribution in [3.8, 4) is 0 Å². The van der Waals surface area contributed by atoms with Crippen molar-refractivity contribution >= 4 is 11.8 Å². The van der Waals surface area contributed by atoms with Crippen LogP contribution < -0.4 is 5.32 Å². The molecule has 1 saturated heterocycles. The van der Waals surface area contributed by atoms with Gasteiger partial charge in [-0.25, -0.2) is 0 Å². The van der Waals surface area contributed by atoms with Crippen molar-refractivity contribution in [1.82, 2.24) is 10.2 Å². The largest absolute Gasteiger partial charge is 0.345 e. The normalized spacial score (nSPS) is 25.1. The first kappa shape index (κ1) is 13.4. The number of nitrogens with one attached hydrogen (secondary N) is 1. The van der Waals surface area contributed by atoms with E-state index in [4.69, 9.17) is 0 Å². The first-order valence-corrected chi connectivity index (χ1v) is 7.10. The molecule has 0 aromatic rings. The molecule has 4 heteroatoms. The average Bonchev–Trinajstić information content (AvgIpc) is 2.35. The fourth-order valence-electron chi connectivity index (χ4n) is 3.09. The average molecular weight is 252 g/mol. The van der Waals surface area contributed by atoms with Crippen LogP contribution in [0.25, 0.3) is 0 Å². The van der Waals surface area contributed by atoms with Crippen molar-refractivity contribution in [3.63, 3.8) is 0 Å². The van der Waals surface area contributed by atoms with Crippen LogP contribution in [0.1, 0.15) is 52.4 Å². The zero-order valence-electron chi connectivity index (χ0n) is 11.5. The van der Waals surface area contributed by atoms with Crippen LogP contribution in [-0.2, 0) is 9.59 Å². The Hall–Kier alpha value is -1.06. The summed E-state index contributed by atoms with van der Waals surface area (Å²) in [6, 6.07) is 0. The Kier molecular flexibility index (Phi) is 3.93. The number of carbonyl (C=O) groups excluding carboxylic acids is 2. The van der Waals surface area contributed by atoms with Crippen molar-refractivity contribution in [1.29, 1.82) is 0 Å². The highest BCUT2D eigenvalue weighted by Crippen LogP contribution is 2.28. The molecule has 0 atom stereocenters. The first-order valence-electron chi connectivity index (χ1n) is 7.10. The van der Waals surface area contributed by atoms with Crippen LogP contribution in [0.4, 0.5) is 0 Å². The van der Waals surface area contributed by atoms with Crippen molar-refractivity contribution in [2.75, 3.05) is 13.1 Å². The highest BCUT2D eigenvalue weighted by Gasteiger charge is 2.41. The van der Waals surface area contributed by atoms with E-state index >= 15 is 0 Å². The molecule has 4 nitrogen and oxygen atoms in total. The minimum atomic E-state index is -0.690. The standard InChI is InChI=1S/C14H24N2O2/c1-14(2)13(18)15-10-12(17)16(14)9-8-11-6-4-3-5-7-11/h11H,3-10H2,1-2H3,(H,15,18). The molecule has 1 heterocycles. The van der Waals surface area contributed by atoms with E-state index in [9.17, 15) is 9.59 Å². The second kappa shape index (κ2) is 5.29. The van der Waals surface area contributed by atoms with Gasteiger partial charge in [0.05, 0.1) is 6.54 Å². The van der Waals surface area contributed by atoms with Gasteiger partial charge in [0.2, 0.25) is 11.8 Å². The fraction of sp³-hybridized carbons (Fsp3) is 0.857. The predicted octanol–water partition coefficient (Wildman–Crippen LogP) is 1.69. The zero-order chi connectivity index (χ0) is 13.2. The number of hydrogen-bond acceptors (Lipinski definition) is 2. The highest BCUT2D eigenvalue weighted by molar-refractivity contribution is 5.97. The molecule has 2 amide bonds. The Labute approximate surface area is 109 Å². The van der Waals surface area contributed by atoms with Crippen LogP contribution in [0.2, 0.25) is 0 Å². The van der Waals surface area contributed by atoms with E-state index in [-0.39, 0.29) is 18.4 Å². The summed E-state index contributed by atoms with van der Waals surface area (Å²) < 4.78 is 0. The van der Waals surface area contributed by atoms with Crippen LogP contribution in [-0.4, -0.2) is 35.3 Å². The Morgan fingerprint density at radius 3 is 2.56 bits per heavy atom. The summed E-state index contributed by atoms with van der Waals surface area (Å²) in [5.41, 5.74) is -0.690. The topological polar surface area (TPSA) is 49.4 Å². The number of piperazine rings is 1. The molecule has 2 rings (SSSR count). The number of hydrogen-bond donors (Lipinski definition) is 1. The molecule has 0 bridgehead atoms. The third-order valence-electron chi connectivity index (χ3n) is 4.42. The maximum Gasteiger partial charge on any atom is 0.245 e. The summed E-state index contributed by atoms with van der Waals surface area (Å²) >= 11 is 0. The minimum absolute atomic E-state index is 0.0363. The summed E-state index contributed by atoms with van der Waals surface area (Å²) in [5, 5.41) is 2.66. The van der Waals surface area contributed by atoms with Gasteiger partial charge >= 0.3 is 0 Å². The number of rotatable bonds is 3. The van der Waals surface area contributed by atoms with Gasteiger partial charge in [0.1, 0.15) is 5.54 Å². The molecule has 0 aromatic carbocycles. The van der Waals surface area contributed by atoms with Gasteiger partial charge < -0.3 is 10.2 Å². The molecule has 0 aromatic heterocycles. The molecule has 18 heavy (non-hydrogen) atoms. The molecule has 102 valence electrons. The van der Waals surface area contributed by atoms with Gasteiger partial charge in [-0.2, -0.15) is 0 Å². The maximum atomic E-state index is 11.9. The molecule has 2 fully saturated rings. The fourth-order valence-corrected chi connectivity index (χ4v) is 3.09. The lowest BCUT2D eigenvalue weighted by molar-refractivity contribution is -0.151. The second-order valence-corrected chi connectivity index (χ2v) is 6.08. The lowest BCUT2D eigenvalue weighted by Gasteiger charge is -2.41. The molecule has 1 aliphatic carbocycles. The molecular weight excluding hydrogens is 228 g/mol. The van der Waals surface area contributed by atoms with Crippen molar-refractivity contribution in [3.05, 3.63) is 0 Å². The van der Waals surface area contributed by atoms with Crippen molar-refractivity contribution < 1.29 is 9.59 Å². The number of carbonyl (C=O) groups is 2. The smallest absolute Gasteiger partial charge is 0.245 e. The number of amides is 2. The summed E-state index contributed by atoms with van der Waals surface area (Å²) in [6.07, 6.45) is 7.61. The molecule has 0 spiro atoms. The third-order valence-corrected chi connectivity index (χ3v) is 4.42. The highest BCUT2D eigenvalue weighted by atomic mass is 16.2. The Morgan fingerprint density at radius 1 is 1.22 bits per heavy atom. The van der Waals surface area contributed by atoms with Gasteiger partial charge in [-0.15, -0.1) is 0 Å². The molecular formula is C14H24N2O2. The van der Waals surface area contributed by atoms with Crippen LogP contribution in [0.5, 0.6) is 0 Å². The van der Waals surface area contributed by atoms with E-state index in [1.807, 2.05) is 13.8 Å². The van der Waals surface area contributed by atoms with E-state index in [1.54, 1.807) is 4.90 Å². The van der Waals surface area contributed by atoms with Gasteiger partial charge in [-0.1, -0.05) is 32.1 Å². The van der Waals surface area contributed by atoms with Crippen LogP contribution in [0, 0.1) is 5.92 Å². The van der Waals surface area contributed by atoms with Crippen molar-refractivity contribution in [2.24, 2.45) is 5.92 Å². The van der Waals surface area contributed by atoms with E-state index in [0.29, 0.717) is 0 Å². The summed E-state index contributed by atoms with van der Waals surface area (Å²) in [6.45, 7) is 4.55.